The van der Waals surface area contributed by atoms with Crippen LogP contribution in [0.2, 0.25) is 0 Å². The Morgan fingerprint density at radius 3 is 2.69 bits per heavy atom. The number of nitrogens with one attached hydrogen (secondary N) is 2. The summed E-state index contributed by atoms with van der Waals surface area (Å²) in [6, 6.07) is 11.3. The third-order valence-corrected chi connectivity index (χ3v) is 5.10. The highest BCUT2D eigenvalue weighted by Gasteiger charge is 2.30. The normalized spacial score (nSPS) is 21.8. The van der Waals surface area contributed by atoms with E-state index in [4.69, 9.17) is 11.6 Å². The van der Waals surface area contributed by atoms with Crippen LogP contribution in [0.15, 0.2) is 77.6 Å². The van der Waals surface area contributed by atoms with E-state index in [0.717, 1.165) is 24.1 Å². The highest BCUT2D eigenvalue weighted by molar-refractivity contribution is 6.68. The molecule has 168 valence electrons. The van der Waals surface area contributed by atoms with E-state index in [-0.39, 0.29) is 17.5 Å². The third-order valence-electron chi connectivity index (χ3n) is 4.89. The summed E-state index contributed by atoms with van der Waals surface area (Å²) in [7, 11) is 0. The Kier molecular flexibility index (Phi) is 7.40. The molecule has 0 aliphatic carbocycles. The van der Waals surface area contributed by atoms with Gasteiger partial charge in [-0.15, -0.1) is 0 Å². The molecule has 1 unspecified atom stereocenters. The zero-order valence-electron chi connectivity index (χ0n) is 17.6. The average Bonchev–Trinajstić information content (AvgIpc) is 2.72. The maximum atomic E-state index is 12.9. The quantitative estimate of drug-likeness (QED) is 0.521. The third kappa shape index (κ3) is 6.47. The lowest BCUT2D eigenvalue weighted by atomic mass is 10.1. The SMILES string of the molecule is CC1\C=C(N[C@@H](C)c2cccc(NC(=O)c3cccc(C(F)(F)F)c3)c2)/N=C(Cl)\C=C\C1. The summed E-state index contributed by atoms with van der Waals surface area (Å²) in [5.41, 5.74) is 0.405. The first-order valence-corrected chi connectivity index (χ1v) is 10.5. The predicted molar refractivity (Wildman–Crippen MR) is 122 cm³/mol. The van der Waals surface area contributed by atoms with E-state index < -0.39 is 17.6 Å². The monoisotopic (exact) mass is 461 g/mol. The minimum absolute atomic E-state index is 0.0675. The Labute approximate surface area is 189 Å². The van der Waals surface area contributed by atoms with Gasteiger partial charge in [-0.2, -0.15) is 13.2 Å². The van der Waals surface area contributed by atoms with Gasteiger partial charge in [0.05, 0.1) is 11.6 Å². The molecule has 2 aromatic carbocycles. The van der Waals surface area contributed by atoms with Crippen molar-refractivity contribution in [3.05, 3.63) is 89.3 Å². The molecule has 0 saturated carbocycles. The maximum absolute atomic E-state index is 12.9. The van der Waals surface area contributed by atoms with Gasteiger partial charge >= 0.3 is 6.18 Å². The van der Waals surface area contributed by atoms with Crippen LogP contribution in [0.25, 0.3) is 0 Å². The van der Waals surface area contributed by atoms with Gasteiger partial charge in [0.25, 0.3) is 5.91 Å². The number of amides is 1. The molecule has 4 nitrogen and oxygen atoms in total. The number of allylic oxidation sites excluding steroid dienone is 3. The zero-order valence-corrected chi connectivity index (χ0v) is 18.3. The number of hydrogen-bond acceptors (Lipinski definition) is 3. The van der Waals surface area contributed by atoms with E-state index in [9.17, 15) is 18.0 Å². The number of carbonyl (C=O) groups is 1. The summed E-state index contributed by atoms with van der Waals surface area (Å²) >= 11 is 6.11. The number of nitrogens with zero attached hydrogens (tertiary/aromatic N) is 1. The number of halogens is 4. The molecule has 2 aromatic rings. The van der Waals surface area contributed by atoms with E-state index in [1.54, 1.807) is 24.3 Å². The van der Waals surface area contributed by atoms with Crippen LogP contribution >= 0.6 is 11.6 Å². The predicted octanol–water partition coefficient (Wildman–Crippen LogP) is 6.68. The van der Waals surface area contributed by atoms with E-state index >= 15 is 0 Å². The smallest absolute Gasteiger partial charge is 0.364 e. The Hall–Kier alpha value is -3.06. The van der Waals surface area contributed by atoms with Gasteiger partial charge in [0.2, 0.25) is 0 Å². The Balaban J connectivity index is 1.74. The average molecular weight is 462 g/mol. The van der Waals surface area contributed by atoms with Gasteiger partial charge in [0.1, 0.15) is 11.0 Å². The standard InChI is InChI=1S/C24H23ClF3N3O/c1-15-6-3-11-21(25)31-22(12-15)29-16(2)17-7-5-10-20(14-17)30-23(32)18-8-4-9-19(13-18)24(26,27)28/h3-5,7-16,29H,6H2,1-2H3,(H,30,32)/b11-3+,22-12-,31-21+/t15?,16-/m0/s1. The molecule has 0 aromatic heterocycles. The van der Waals surface area contributed by atoms with Crippen LogP contribution in [0, 0.1) is 5.92 Å². The Bertz CT molecular complexity index is 1080. The topological polar surface area (TPSA) is 53.5 Å². The molecule has 2 atom stereocenters. The van der Waals surface area contributed by atoms with E-state index in [1.807, 2.05) is 25.1 Å². The summed E-state index contributed by atoms with van der Waals surface area (Å²) in [5, 5.41) is 6.36. The highest BCUT2D eigenvalue weighted by Crippen LogP contribution is 2.30. The lowest BCUT2D eigenvalue weighted by molar-refractivity contribution is -0.137. The van der Waals surface area contributed by atoms with Crippen LogP contribution in [-0.2, 0) is 6.18 Å². The summed E-state index contributed by atoms with van der Waals surface area (Å²) in [6.07, 6.45) is 2.08. The number of hydrogen-bond donors (Lipinski definition) is 2. The van der Waals surface area contributed by atoms with Gasteiger partial charge in [-0.25, -0.2) is 4.99 Å². The fourth-order valence-electron chi connectivity index (χ4n) is 3.22. The van der Waals surface area contributed by atoms with Crippen LogP contribution in [0.4, 0.5) is 18.9 Å². The van der Waals surface area contributed by atoms with Gasteiger partial charge in [0, 0.05) is 11.3 Å². The molecule has 1 aliphatic heterocycles. The van der Waals surface area contributed by atoms with Crippen LogP contribution in [-0.4, -0.2) is 11.1 Å². The summed E-state index contributed by atoms with van der Waals surface area (Å²) < 4.78 is 38.8. The van der Waals surface area contributed by atoms with E-state index in [2.05, 4.69) is 22.5 Å². The van der Waals surface area contributed by atoms with Crippen molar-refractivity contribution in [3.8, 4) is 0 Å². The van der Waals surface area contributed by atoms with Crippen molar-refractivity contribution in [2.45, 2.75) is 32.5 Å². The first-order chi connectivity index (χ1) is 15.1. The van der Waals surface area contributed by atoms with Crippen LogP contribution < -0.4 is 10.6 Å². The fraction of sp³-hybridized carbons (Fsp3) is 0.250. The molecule has 0 saturated heterocycles. The van der Waals surface area contributed by atoms with E-state index in [1.165, 1.54) is 12.1 Å². The number of aliphatic imine (C=N–C) groups is 1. The second kappa shape index (κ2) is 10.0. The molecule has 2 N–H and O–H groups in total. The van der Waals surface area contributed by atoms with Crippen molar-refractivity contribution in [2.75, 3.05) is 5.32 Å². The Morgan fingerprint density at radius 2 is 1.94 bits per heavy atom. The molecule has 1 heterocycles. The summed E-state index contributed by atoms with van der Waals surface area (Å²) in [4.78, 5) is 16.9. The molecular formula is C24H23ClF3N3O. The summed E-state index contributed by atoms with van der Waals surface area (Å²) in [5.74, 6) is 0.318. The van der Waals surface area contributed by atoms with E-state index in [0.29, 0.717) is 16.7 Å². The molecule has 0 spiro atoms. The summed E-state index contributed by atoms with van der Waals surface area (Å²) in [6.45, 7) is 4.02. The number of alkyl halides is 3. The molecule has 0 bridgehead atoms. The van der Waals surface area contributed by atoms with Gasteiger partial charge in [-0.1, -0.05) is 42.8 Å². The maximum Gasteiger partial charge on any atom is 0.416 e. The van der Waals surface area contributed by atoms with Crippen molar-refractivity contribution in [3.63, 3.8) is 0 Å². The minimum atomic E-state index is -4.51. The number of anilines is 1. The minimum Gasteiger partial charge on any atom is -0.364 e. The van der Waals surface area contributed by atoms with Crippen molar-refractivity contribution in [1.29, 1.82) is 0 Å². The highest BCUT2D eigenvalue weighted by atomic mass is 35.5. The van der Waals surface area contributed by atoms with Gasteiger partial charge in [-0.05, 0) is 67.3 Å². The number of rotatable bonds is 5. The molecule has 8 heteroatoms. The molecule has 1 aliphatic rings. The molecule has 0 radical (unpaired) electrons. The van der Waals surface area contributed by atoms with Crippen molar-refractivity contribution < 1.29 is 18.0 Å². The fourth-order valence-corrected chi connectivity index (χ4v) is 3.40. The molecule has 0 fully saturated rings. The van der Waals surface area contributed by atoms with Crippen LogP contribution in [0.5, 0.6) is 0 Å². The first-order valence-electron chi connectivity index (χ1n) is 10.1. The second-order valence-electron chi connectivity index (χ2n) is 7.63. The molecule has 1 amide bonds. The largest absolute Gasteiger partial charge is 0.416 e. The van der Waals surface area contributed by atoms with Gasteiger partial charge in [0.15, 0.2) is 0 Å². The van der Waals surface area contributed by atoms with Crippen LogP contribution in [0.3, 0.4) is 0 Å². The van der Waals surface area contributed by atoms with Crippen LogP contribution in [0.1, 0.15) is 47.8 Å². The second-order valence-corrected chi connectivity index (χ2v) is 8.01. The first kappa shape index (κ1) is 23.6. The van der Waals surface area contributed by atoms with Crippen molar-refractivity contribution in [1.82, 2.24) is 5.32 Å². The molecule has 32 heavy (non-hydrogen) atoms. The number of benzene rings is 2. The van der Waals surface area contributed by atoms with Crippen molar-refractivity contribution >= 4 is 28.4 Å². The number of carbonyl (C=O) groups excluding carboxylic acids is 1. The molecule has 3 rings (SSSR count). The van der Waals surface area contributed by atoms with Gasteiger partial charge in [-0.3, -0.25) is 4.79 Å². The molecular weight excluding hydrogens is 439 g/mol. The zero-order chi connectivity index (χ0) is 23.3. The van der Waals surface area contributed by atoms with Crippen molar-refractivity contribution in [2.24, 2.45) is 10.9 Å². The lowest BCUT2D eigenvalue weighted by Crippen LogP contribution is -2.19. The lowest BCUT2D eigenvalue weighted by Gasteiger charge is -2.19. The van der Waals surface area contributed by atoms with Gasteiger partial charge < -0.3 is 10.6 Å². The Morgan fingerprint density at radius 1 is 1.19 bits per heavy atom.